The van der Waals surface area contributed by atoms with Gasteiger partial charge in [0.05, 0.1) is 0 Å². The van der Waals surface area contributed by atoms with Crippen molar-refractivity contribution >= 4 is 34.2 Å². The highest BCUT2D eigenvalue weighted by atomic mass is 32.2. The first-order valence-corrected chi connectivity index (χ1v) is 14.4. The number of allylic oxidation sites excluding steroid dienone is 1. The summed E-state index contributed by atoms with van der Waals surface area (Å²) in [6, 6.07) is 11.9. The number of hydrogen-bond donors (Lipinski definition) is 2. The number of carbonyl (C=O) groups is 1. The Balaban J connectivity index is 1.49. The molecule has 4 rings (SSSR count). The number of benzene rings is 3. The van der Waals surface area contributed by atoms with Gasteiger partial charge in [0.2, 0.25) is 0 Å². The average Bonchev–Trinajstić information content (AvgIpc) is 2.92. The Labute approximate surface area is 241 Å². The lowest BCUT2D eigenvalue weighted by molar-refractivity contribution is 0.0167. The molecule has 0 radical (unpaired) electrons. The highest BCUT2D eigenvalue weighted by Crippen LogP contribution is 2.44. The van der Waals surface area contributed by atoms with Crippen LogP contribution in [0.1, 0.15) is 55.0 Å². The van der Waals surface area contributed by atoms with Crippen LogP contribution in [0.4, 0.5) is 0 Å². The van der Waals surface area contributed by atoms with Gasteiger partial charge in [0.25, 0.3) is 0 Å². The molecule has 0 aromatic heterocycles. The topological polar surface area (TPSA) is 91.0 Å². The van der Waals surface area contributed by atoms with Crippen LogP contribution in [0, 0.1) is 20.8 Å². The van der Waals surface area contributed by atoms with Gasteiger partial charge in [-0.05, 0) is 118 Å². The molecule has 1 aliphatic heterocycles. The minimum Gasteiger partial charge on any atom is -0.489 e. The number of aliphatic hydroxyl groups excluding tert-OH is 1. The third-order valence-electron chi connectivity index (χ3n) is 7.45. The first-order valence-electron chi connectivity index (χ1n) is 13.5. The molecular formula is C33H39NO5S. The van der Waals surface area contributed by atoms with Crippen molar-refractivity contribution in [1.82, 2.24) is 0 Å². The van der Waals surface area contributed by atoms with Crippen LogP contribution in [0.2, 0.25) is 0 Å². The summed E-state index contributed by atoms with van der Waals surface area (Å²) in [7, 11) is 0. The smallest absolute Gasteiger partial charge is 0.180 e. The maximum Gasteiger partial charge on any atom is 0.180 e. The van der Waals surface area contributed by atoms with Crippen molar-refractivity contribution in [2.24, 2.45) is 5.73 Å². The van der Waals surface area contributed by atoms with Crippen molar-refractivity contribution in [3.63, 3.8) is 0 Å². The predicted octanol–water partition coefficient (Wildman–Crippen LogP) is 6.81. The van der Waals surface area contributed by atoms with E-state index < -0.39 is 11.8 Å². The predicted molar refractivity (Wildman–Crippen MR) is 165 cm³/mol. The molecule has 0 saturated carbocycles. The normalized spacial score (nSPS) is 17.6. The van der Waals surface area contributed by atoms with Crippen LogP contribution in [0.5, 0.6) is 17.2 Å². The van der Waals surface area contributed by atoms with E-state index in [1.807, 2.05) is 36.4 Å². The van der Waals surface area contributed by atoms with Gasteiger partial charge in [-0.15, -0.1) is 0 Å². The fourth-order valence-corrected chi connectivity index (χ4v) is 5.41. The summed E-state index contributed by atoms with van der Waals surface area (Å²) in [5.41, 5.74) is 12.5. The second kappa shape index (κ2) is 12.5. The van der Waals surface area contributed by atoms with E-state index in [0.717, 1.165) is 74.9 Å². The number of thioether (sulfide) groups is 1. The second-order valence-corrected chi connectivity index (χ2v) is 11.8. The van der Waals surface area contributed by atoms with Crippen molar-refractivity contribution in [3.8, 4) is 17.2 Å². The highest BCUT2D eigenvalue weighted by molar-refractivity contribution is 8.15. The van der Waals surface area contributed by atoms with E-state index in [0.29, 0.717) is 23.7 Å². The Morgan fingerprint density at radius 2 is 1.82 bits per heavy atom. The molecule has 7 heteroatoms. The summed E-state index contributed by atoms with van der Waals surface area (Å²) in [5, 5.41) is 11.7. The van der Waals surface area contributed by atoms with Crippen molar-refractivity contribution < 1.29 is 24.1 Å². The maximum atomic E-state index is 10.9. The third kappa shape index (κ3) is 6.72. The Kier molecular flexibility index (Phi) is 9.29. The standard InChI is InChI=1S/C33H39NO5S/c1-20(2)12-14-37-30-21(3)22(4)31-28(23(30)5)11-13-33(6,39-31)18-38-27-10-9-25-15-24(7-8-26(25)17-27)16-29(32(34)36)40-19-35/h7-10,12,15-17,19,32,36H,11,13-14,18,34H2,1-6H3/b29-16-. The number of hydrogen-bond acceptors (Lipinski definition) is 7. The van der Waals surface area contributed by atoms with Crippen LogP contribution in [0.3, 0.4) is 0 Å². The molecule has 1 aliphatic rings. The fourth-order valence-electron chi connectivity index (χ4n) is 4.96. The maximum absolute atomic E-state index is 10.9. The largest absolute Gasteiger partial charge is 0.489 e. The summed E-state index contributed by atoms with van der Waals surface area (Å²) >= 11 is 0.875. The van der Waals surface area contributed by atoms with Crippen LogP contribution in [0.15, 0.2) is 53.0 Å². The fraction of sp³-hybridized carbons (Fsp3) is 0.364. The minimum atomic E-state index is -1.20. The van der Waals surface area contributed by atoms with E-state index in [2.05, 4.69) is 47.6 Å². The van der Waals surface area contributed by atoms with Crippen LogP contribution in [-0.4, -0.2) is 35.8 Å². The SMILES string of the molecule is CC(C)=CCOc1c(C)c(C)c2c(c1C)CCC(C)(COc1ccc3cc(/C=C(\SC=O)C(N)O)ccc3c1)O2. The van der Waals surface area contributed by atoms with Gasteiger partial charge < -0.3 is 25.1 Å². The molecule has 0 aliphatic carbocycles. The molecule has 0 spiro atoms. The molecule has 3 N–H and O–H groups in total. The number of carbonyl (C=O) groups excluding carboxylic acids is 1. The molecule has 0 bridgehead atoms. The van der Waals surface area contributed by atoms with Gasteiger partial charge in [0, 0.05) is 10.5 Å². The molecule has 0 amide bonds. The Morgan fingerprint density at radius 3 is 2.52 bits per heavy atom. The van der Waals surface area contributed by atoms with Gasteiger partial charge >= 0.3 is 0 Å². The lowest BCUT2D eigenvalue weighted by Crippen LogP contribution is -2.42. The van der Waals surface area contributed by atoms with E-state index in [9.17, 15) is 9.90 Å². The summed E-state index contributed by atoms with van der Waals surface area (Å²) in [5.74, 6) is 2.69. The Morgan fingerprint density at radius 1 is 1.10 bits per heavy atom. The molecule has 212 valence electrons. The Hall–Kier alpha value is -3.26. The van der Waals surface area contributed by atoms with Crippen LogP contribution in [0.25, 0.3) is 16.8 Å². The van der Waals surface area contributed by atoms with Crippen molar-refractivity contribution in [1.29, 1.82) is 0 Å². The van der Waals surface area contributed by atoms with Crippen molar-refractivity contribution in [2.45, 2.75) is 66.2 Å². The quantitative estimate of drug-likeness (QED) is 0.160. The third-order valence-corrected chi connectivity index (χ3v) is 8.17. The molecule has 0 fully saturated rings. The van der Waals surface area contributed by atoms with E-state index in [-0.39, 0.29) is 0 Å². The summed E-state index contributed by atoms with van der Waals surface area (Å²) < 4.78 is 19.1. The van der Waals surface area contributed by atoms with Gasteiger partial charge in [-0.2, -0.15) is 0 Å². The first kappa shape index (κ1) is 29.7. The molecule has 6 nitrogen and oxygen atoms in total. The summed E-state index contributed by atoms with van der Waals surface area (Å²) in [6.45, 7) is 13.6. The van der Waals surface area contributed by atoms with E-state index in [1.54, 1.807) is 6.08 Å². The average molecular weight is 562 g/mol. The lowest BCUT2D eigenvalue weighted by atomic mass is 9.87. The second-order valence-electron chi connectivity index (χ2n) is 10.9. The Bertz CT molecular complexity index is 1470. The van der Waals surface area contributed by atoms with E-state index in [4.69, 9.17) is 19.9 Å². The minimum absolute atomic E-state index is 0.393. The lowest BCUT2D eigenvalue weighted by Gasteiger charge is -2.38. The van der Waals surface area contributed by atoms with Crippen LogP contribution < -0.4 is 19.9 Å². The van der Waals surface area contributed by atoms with Gasteiger partial charge in [-0.1, -0.05) is 35.5 Å². The summed E-state index contributed by atoms with van der Waals surface area (Å²) in [4.78, 5) is 11.3. The molecular weight excluding hydrogens is 522 g/mol. The number of aliphatic hydroxyl groups is 1. The van der Waals surface area contributed by atoms with Crippen molar-refractivity contribution in [3.05, 3.63) is 80.8 Å². The summed E-state index contributed by atoms with van der Waals surface area (Å²) in [6.07, 6.45) is 4.36. The van der Waals surface area contributed by atoms with Gasteiger partial charge in [-0.3, -0.25) is 4.79 Å². The zero-order valence-electron chi connectivity index (χ0n) is 24.2. The number of fused-ring (bicyclic) bond motifs is 2. The number of ether oxygens (including phenoxy) is 3. The molecule has 1 heterocycles. The molecule has 3 aromatic rings. The van der Waals surface area contributed by atoms with Gasteiger partial charge in [0.1, 0.15) is 42.3 Å². The molecule has 40 heavy (non-hydrogen) atoms. The van der Waals surface area contributed by atoms with E-state index in [1.165, 1.54) is 11.1 Å². The molecule has 2 atom stereocenters. The van der Waals surface area contributed by atoms with Gasteiger partial charge in [0.15, 0.2) is 5.62 Å². The first-order chi connectivity index (χ1) is 19.0. The zero-order valence-corrected chi connectivity index (χ0v) is 25.0. The number of nitrogens with two attached hydrogens (primary N) is 1. The number of rotatable bonds is 10. The van der Waals surface area contributed by atoms with E-state index >= 15 is 0 Å². The highest BCUT2D eigenvalue weighted by Gasteiger charge is 2.35. The van der Waals surface area contributed by atoms with Crippen molar-refractivity contribution in [2.75, 3.05) is 13.2 Å². The van der Waals surface area contributed by atoms with Gasteiger partial charge in [-0.25, -0.2) is 0 Å². The molecule has 3 aromatic carbocycles. The monoisotopic (exact) mass is 561 g/mol. The molecule has 0 saturated heterocycles. The van der Waals surface area contributed by atoms with Crippen LogP contribution >= 0.6 is 11.8 Å². The zero-order chi connectivity index (χ0) is 29.0. The van der Waals surface area contributed by atoms with Crippen LogP contribution in [-0.2, 0) is 11.2 Å². The molecule has 2 unspecified atom stereocenters.